The van der Waals surface area contributed by atoms with Crippen molar-refractivity contribution >= 4 is 23.2 Å². The summed E-state index contributed by atoms with van der Waals surface area (Å²) in [6.45, 7) is 6.63. The molecule has 0 saturated heterocycles. The highest BCUT2D eigenvalue weighted by Crippen LogP contribution is 2.47. The van der Waals surface area contributed by atoms with Crippen molar-refractivity contribution in [3.05, 3.63) is 17.7 Å². The lowest BCUT2D eigenvalue weighted by atomic mass is 9.81. The number of hydrogen-bond donors (Lipinski definition) is 2. The molecule has 0 radical (unpaired) electrons. The smallest absolute Gasteiger partial charge is 0.221 e. The predicted octanol–water partition coefficient (Wildman–Crippen LogP) is 1.89. The van der Waals surface area contributed by atoms with E-state index in [-0.39, 0.29) is 17.2 Å². The summed E-state index contributed by atoms with van der Waals surface area (Å²) in [5, 5.41) is 5.75. The van der Waals surface area contributed by atoms with E-state index in [1.807, 2.05) is 19.2 Å². The van der Waals surface area contributed by atoms with Crippen molar-refractivity contribution < 1.29 is 14.3 Å². The summed E-state index contributed by atoms with van der Waals surface area (Å²) in [5.41, 5.74) is 2.80. The molecule has 0 fully saturated rings. The molecule has 6 nitrogen and oxygen atoms in total. The minimum atomic E-state index is -0.117. The maximum absolute atomic E-state index is 11.5. The second-order valence-electron chi connectivity index (χ2n) is 6.40. The number of nitrogens with one attached hydrogen (secondary N) is 2. The second kappa shape index (κ2) is 6.48. The number of nitrogens with zero attached hydrogens (tertiary/aromatic N) is 1. The van der Waals surface area contributed by atoms with Gasteiger partial charge in [-0.15, -0.1) is 0 Å². The zero-order valence-corrected chi connectivity index (χ0v) is 14.4. The lowest BCUT2D eigenvalue weighted by molar-refractivity contribution is -0.119. The van der Waals surface area contributed by atoms with Crippen molar-refractivity contribution in [2.24, 2.45) is 0 Å². The van der Waals surface area contributed by atoms with Gasteiger partial charge in [-0.3, -0.25) is 9.59 Å². The maximum atomic E-state index is 11.5. The topological polar surface area (TPSA) is 70.7 Å². The molecule has 2 N–H and O–H groups in total. The van der Waals surface area contributed by atoms with Crippen LogP contribution in [0.25, 0.3) is 0 Å². The van der Waals surface area contributed by atoms with Crippen molar-refractivity contribution in [2.45, 2.75) is 32.6 Å². The fraction of sp³-hybridized carbons (Fsp3) is 0.529. The van der Waals surface area contributed by atoms with Crippen LogP contribution in [0, 0.1) is 0 Å². The lowest BCUT2D eigenvalue weighted by Crippen LogP contribution is -2.33. The van der Waals surface area contributed by atoms with E-state index < -0.39 is 0 Å². The Morgan fingerprint density at radius 2 is 2.00 bits per heavy atom. The van der Waals surface area contributed by atoms with E-state index in [4.69, 9.17) is 4.74 Å². The first kappa shape index (κ1) is 17.1. The molecular weight excluding hydrogens is 294 g/mol. The first-order chi connectivity index (χ1) is 10.8. The zero-order chi connectivity index (χ0) is 17.2. The molecule has 0 aromatic heterocycles. The number of amides is 2. The van der Waals surface area contributed by atoms with Crippen LogP contribution in [0.2, 0.25) is 0 Å². The van der Waals surface area contributed by atoms with Gasteiger partial charge in [-0.1, -0.05) is 6.92 Å². The number of ether oxygens (including phenoxy) is 1. The molecule has 1 unspecified atom stereocenters. The van der Waals surface area contributed by atoms with Gasteiger partial charge < -0.3 is 20.3 Å². The van der Waals surface area contributed by atoms with E-state index in [9.17, 15) is 9.59 Å². The van der Waals surface area contributed by atoms with Crippen LogP contribution in [0.15, 0.2) is 12.1 Å². The van der Waals surface area contributed by atoms with Crippen LogP contribution in [0.3, 0.4) is 0 Å². The Labute approximate surface area is 137 Å². The van der Waals surface area contributed by atoms with Crippen molar-refractivity contribution in [3.63, 3.8) is 0 Å². The SMILES string of the molecule is COc1cc(NC(C)=O)c2c(c1)C(C)(CCNC(C)=O)CN2C. The molecule has 6 heteroatoms. The number of rotatable bonds is 5. The molecule has 23 heavy (non-hydrogen) atoms. The molecule has 0 bridgehead atoms. The van der Waals surface area contributed by atoms with E-state index in [0.717, 1.165) is 29.9 Å². The monoisotopic (exact) mass is 319 g/mol. The van der Waals surface area contributed by atoms with Gasteiger partial charge >= 0.3 is 0 Å². The third kappa shape index (κ3) is 3.57. The third-order valence-electron chi connectivity index (χ3n) is 4.30. The van der Waals surface area contributed by atoms with Gasteiger partial charge in [-0.2, -0.15) is 0 Å². The number of methoxy groups -OCH3 is 1. The molecule has 0 saturated carbocycles. The van der Waals surface area contributed by atoms with Crippen LogP contribution in [-0.4, -0.2) is 39.1 Å². The third-order valence-corrected chi connectivity index (χ3v) is 4.30. The Bertz CT molecular complexity index is 630. The highest BCUT2D eigenvalue weighted by Gasteiger charge is 2.39. The second-order valence-corrected chi connectivity index (χ2v) is 6.40. The summed E-state index contributed by atoms with van der Waals surface area (Å²) in [6, 6.07) is 3.87. The van der Waals surface area contributed by atoms with Crippen LogP contribution in [0.1, 0.15) is 32.8 Å². The largest absolute Gasteiger partial charge is 0.497 e. The van der Waals surface area contributed by atoms with E-state index in [0.29, 0.717) is 12.3 Å². The molecular formula is C17H25N3O3. The van der Waals surface area contributed by atoms with Gasteiger partial charge in [0.1, 0.15) is 5.75 Å². The quantitative estimate of drug-likeness (QED) is 0.869. The Balaban J connectivity index is 2.40. The van der Waals surface area contributed by atoms with Gasteiger partial charge in [-0.25, -0.2) is 0 Å². The van der Waals surface area contributed by atoms with Crippen molar-refractivity contribution in [1.29, 1.82) is 0 Å². The van der Waals surface area contributed by atoms with E-state index in [1.165, 1.54) is 13.8 Å². The van der Waals surface area contributed by atoms with Gasteiger partial charge in [-0.05, 0) is 18.1 Å². The van der Waals surface area contributed by atoms with E-state index >= 15 is 0 Å². The number of likely N-dealkylation sites (N-methyl/N-ethyl adjacent to an activating group) is 1. The molecule has 1 aliphatic rings. The van der Waals surface area contributed by atoms with Gasteiger partial charge in [0, 0.05) is 45.5 Å². The van der Waals surface area contributed by atoms with Gasteiger partial charge in [0.25, 0.3) is 0 Å². The molecule has 1 heterocycles. The number of carbonyl (C=O) groups excluding carboxylic acids is 2. The first-order valence-electron chi connectivity index (χ1n) is 7.72. The Kier molecular flexibility index (Phi) is 4.82. The number of fused-ring (bicyclic) bond motifs is 1. The van der Waals surface area contributed by atoms with Crippen LogP contribution < -0.4 is 20.3 Å². The summed E-state index contributed by atoms with van der Waals surface area (Å²) in [7, 11) is 3.63. The van der Waals surface area contributed by atoms with Crippen LogP contribution in [0.4, 0.5) is 11.4 Å². The Hall–Kier alpha value is -2.24. The highest BCUT2D eigenvalue weighted by molar-refractivity contribution is 5.95. The molecule has 126 valence electrons. The molecule has 0 aliphatic carbocycles. The number of anilines is 2. The van der Waals surface area contributed by atoms with Gasteiger partial charge in [0.05, 0.1) is 18.5 Å². The number of benzene rings is 1. The van der Waals surface area contributed by atoms with Gasteiger partial charge in [0.2, 0.25) is 11.8 Å². The fourth-order valence-corrected chi connectivity index (χ4v) is 3.30. The van der Waals surface area contributed by atoms with E-state index in [2.05, 4.69) is 22.5 Å². The molecule has 1 aliphatic heterocycles. The zero-order valence-electron chi connectivity index (χ0n) is 14.4. The Morgan fingerprint density at radius 3 is 2.57 bits per heavy atom. The minimum absolute atomic E-state index is 0.0234. The maximum Gasteiger partial charge on any atom is 0.221 e. The molecule has 1 aromatic rings. The number of hydrogen-bond acceptors (Lipinski definition) is 4. The molecule has 1 atom stereocenters. The van der Waals surface area contributed by atoms with Crippen molar-refractivity contribution in [2.75, 3.05) is 37.5 Å². The number of carbonyl (C=O) groups is 2. The highest BCUT2D eigenvalue weighted by atomic mass is 16.5. The fourth-order valence-electron chi connectivity index (χ4n) is 3.30. The summed E-state index contributed by atoms with van der Waals surface area (Å²) in [4.78, 5) is 24.8. The lowest BCUT2D eigenvalue weighted by Gasteiger charge is -2.25. The standard InChI is InChI=1S/C17H25N3O3/c1-11(21)18-7-6-17(3)10-20(4)16-14(17)8-13(23-5)9-15(16)19-12(2)22/h8-9H,6-7,10H2,1-5H3,(H,18,21)(H,19,22). The average molecular weight is 319 g/mol. The normalized spacial score (nSPS) is 19.3. The summed E-state index contributed by atoms with van der Waals surface area (Å²) in [5.74, 6) is 0.582. The summed E-state index contributed by atoms with van der Waals surface area (Å²) >= 11 is 0. The van der Waals surface area contributed by atoms with Crippen molar-refractivity contribution in [3.8, 4) is 5.75 Å². The summed E-state index contributed by atoms with van der Waals surface area (Å²) in [6.07, 6.45) is 0.816. The first-order valence-corrected chi connectivity index (χ1v) is 7.72. The molecule has 1 aromatic carbocycles. The van der Waals surface area contributed by atoms with Crippen LogP contribution in [-0.2, 0) is 15.0 Å². The van der Waals surface area contributed by atoms with Crippen molar-refractivity contribution in [1.82, 2.24) is 5.32 Å². The predicted molar refractivity (Wildman–Crippen MR) is 91.2 cm³/mol. The van der Waals surface area contributed by atoms with Gasteiger partial charge in [0.15, 0.2) is 0 Å². The van der Waals surface area contributed by atoms with Crippen LogP contribution in [0.5, 0.6) is 5.75 Å². The molecule has 2 rings (SSSR count). The summed E-state index contributed by atoms with van der Waals surface area (Å²) < 4.78 is 5.39. The van der Waals surface area contributed by atoms with Crippen LogP contribution >= 0.6 is 0 Å². The average Bonchev–Trinajstić information content (AvgIpc) is 2.69. The van der Waals surface area contributed by atoms with E-state index in [1.54, 1.807) is 7.11 Å². The molecule has 2 amide bonds. The molecule has 0 spiro atoms. The minimum Gasteiger partial charge on any atom is -0.497 e. The Morgan fingerprint density at radius 1 is 1.30 bits per heavy atom.